The van der Waals surface area contributed by atoms with E-state index in [2.05, 4.69) is 0 Å². The number of carbonyl (C=O) groups is 2. The zero-order valence-corrected chi connectivity index (χ0v) is 6.13. The maximum Gasteiger partial charge on any atom is 0.225 e. The van der Waals surface area contributed by atoms with Gasteiger partial charge in [0, 0.05) is 0 Å². The number of allylic oxidation sites excluding steroid dienone is 4. The van der Waals surface area contributed by atoms with E-state index in [1.165, 1.54) is 12.2 Å². The Morgan fingerprint density at radius 2 is 1.20 bits per heavy atom. The van der Waals surface area contributed by atoms with Crippen LogP contribution in [0.1, 0.15) is 13.8 Å². The molecule has 0 rings (SSSR count). The van der Waals surface area contributed by atoms with Gasteiger partial charge in [0.15, 0.2) is 0 Å². The summed E-state index contributed by atoms with van der Waals surface area (Å²) in [5.74, 6) is -0.943. The fourth-order valence-electron chi connectivity index (χ4n) is 0.467. The standard InChI is InChI=1S/C8H10O2/c1-3-5-7(9)8(10)6-4-2/h3-6H,1-2H3/b5-3+,6-4?. The number of hydrogen-bond acceptors (Lipinski definition) is 2. The second-order valence-corrected chi connectivity index (χ2v) is 1.73. The van der Waals surface area contributed by atoms with E-state index in [-0.39, 0.29) is 0 Å². The molecule has 0 spiro atoms. The highest BCUT2D eigenvalue weighted by molar-refractivity contribution is 6.45. The van der Waals surface area contributed by atoms with Gasteiger partial charge in [0.1, 0.15) is 0 Å². The van der Waals surface area contributed by atoms with Crippen molar-refractivity contribution in [3.63, 3.8) is 0 Å². The monoisotopic (exact) mass is 138 g/mol. The second kappa shape index (κ2) is 4.68. The van der Waals surface area contributed by atoms with Gasteiger partial charge in [0.25, 0.3) is 0 Å². The zero-order valence-electron chi connectivity index (χ0n) is 6.13. The lowest BCUT2D eigenvalue weighted by atomic mass is 10.2. The lowest BCUT2D eigenvalue weighted by molar-refractivity contribution is -0.130. The molecule has 2 nitrogen and oxygen atoms in total. The highest BCUT2D eigenvalue weighted by atomic mass is 16.2. The summed E-state index contributed by atoms with van der Waals surface area (Å²) in [4.78, 5) is 21.3. The van der Waals surface area contributed by atoms with Gasteiger partial charge in [-0.05, 0) is 26.0 Å². The molecule has 0 saturated heterocycles. The smallest absolute Gasteiger partial charge is 0.225 e. The molecule has 0 amide bonds. The minimum absolute atomic E-state index is 0.472. The van der Waals surface area contributed by atoms with Gasteiger partial charge in [-0.2, -0.15) is 0 Å². The summed E-state index contributed by atoms with van der Waals surface area (Å²) in [5.41, 5.74) is 0. The van der Waals surface area contributed by atoms with Crippen LogP contribution in [0.15, 0.2) is 24.3 Å². The average molecular weight is 138 g/mol. The molecule has 0 saturated carbocycles. The third-order valence-electron chi connectivity index (χ3n) is 0.879. The fourth-order valence-corrected chi connectivity index (χ4v) is 0.467. The molecule has 0 heterocycles. The highest BCUT2D eigenvalue weighted by Gasteiger charge is 2.02. The van der Waals surface area contributed by atoms with Crippen LogP contribution in [0.4, 0.5) is 0 Å². The first-order valence-electron chi connectivity index (χ1n) is 3.06. The van der Waals surface area contributed by atoms with E-state index < -0.39 is 11.6 Å². The minimum Gasteiger partial charge on any atom is -0.286 e. The predicted molar refractivity (Wildman–Crippen MR) is 39.6 cm³/mol. The third kappa shape index (κ3) is 2.97. The largest absolute Gasteiger partial charge is 0.286 e. The SMILES string of the molecule is CC=CC(=O)C(=O)/C=C/C. The first kappa shape index (κ1) is 8.82. The van der Waals surface area contributed by atoms with Gasteiger partial charge >= 0.3 is 0 Å². The van der Waals surface area contributed by atoms with Gasteiger partial charge in [-0.1, -0.05) is 12.2 Å². The van der Waals surface area contributed by atoms with Gasteiger partial charge in [-0.15, -0.1) is 0 Å². The van der Waals surface area contributed by atoms with E-state index in [9.17, 15) is 9.59 Å². The normalized spacial score (nSPS) is 11.0. The molecule has 0 aliphatic heterocycles. The van der Waals surface area contributed by atoms with E-state index in [0.717, 1.165) is 0 Å². The number of hydrogen-bond donors (Lipinski definition) is 0. The molecule has 54 valence electrons. The van der Waals surface area contributed by atoms with Crippen LogP contribution in [-0.2, 0) is 9.59 Å². The topological polar surface area (TPSA) is 34.1 Å². The molecule has 2 heteroatoms. The van der Waals surface area contributed by atoms with E-state index in [1.807, 2.05) is 0 Å². The lowest BCUT2D eigenvalue weighted by Crippen LogP contribution is -2.06. The van der Waals surface area contributed by atoms with E-state index >= 15 is 0 Å². The van der Waals surface area contributed by atoms with Crippen molar-refractivity contribution in [2.24, 2.45) is 0 Å². The average Bonchev–Trinajstić information content (AvgIpc) is 1.89. The molecule has 0 aromatic carbocycles. The Morgan fingerprint density at radius 3 is 1.40 bits per heavy atom. The number of carbonyl (C=O) groups excluding carboxylic acids is 2. The molecule has 0 N–H and O–H groups in total. The molecule has 0 unspecified atom stereocenters. The van der Waals surface area contributed by atoms with Crippen LogP contribution < -0.4 is 0 Å². The Balaban J connectivity index is 4.09. The molecule has 0 bridgehead atoms. The zero-order chi connectivity index (χ0) is 7.98. The summed E-state index contributed by atoms with van der Waals surface area (Å²) in [5, 5.41) is 0. The van der Waals surface area contributed by atoms with Crippen LogP contribution in [0.2, 0.25) is 0 Å². The Labute approximate surface area is 60.2 Å². The van der Waals surface area contributed by atoms with Crippen molar-refractivity contribution in [3.05, 3.63) is 24.3 Å². The Hall–Kier alpha value is -1.18. The summed E-state index contributed by atoms with van der Waals surface area (Å²) in [6, 6.07) is 0. The first-order chi connectivity index (χ1) is 4.72. The molecular weight excluding hydrogens is 128 g/mol. The van der Waals surface area contributed by atoms with E-state index in [1.54, 1.807) is 26.0 Å². The van der Waals surface area contributed by atoms with Gasteiger partial charge in [-0.3, -0.25) is 9.59 Å². The van der Waals surface area contributed by atoms with Gasteiger partial charge < -0.3 is 0 Å². The summed E-state index contributed by atoms with van der Waals surface area (Å²) in [6.07, 6.45) is 5.60. The summed E-state index contributed by atoms with van der Waals surface area (Å²) < 4.78 is 0. The maximum atomic E-state index is 10.6. The summed E-state index contributed by atoms with van der Waals surface area (Å²) in [7, 11) is 0. The van der Waals surface area contributed by atoms with Crippen LogP contribution in [0.25, 0.3) is 0 Å². The molecule has 0 aromatic rings. The van der Waals surface area contributed by atoms with Crippen molar-refractivity contribution in [2.45, 2.75) is 13.8 Å². The van der Waals surface area contributed by atoms with Gasteiger partial charge in [0.05, 0.1) is 0 Å². The van der Waals surface area contributed by atoms with Crippen LogP contribution in [0, 0.1) is 0 Å². The van der Waals surface area contributed by atoms with Crippen molar-refractivity contribution >= 4 is 11.6 Å². The first-order valence-corrected chi connectivity index (χ1v) is 3.06. The molecule has 0 aliphatic carbocycles. The molecule has 0 fully saturated rings. The van der Waals surface area contributed by atoms with Gasteiger partial charge in [0.2, 0.25) is 11.6 Å². The molecule has 10 heavy (non-hydrogen) atoms. The van der Waals surface area contributed by atoms with Crippen molar-refractivity contribution in [1.29, 1.82) is 0 Å². The number of rotatable bonds is 3. The van der Waals surface area contributed by atoms with Crippen LogP contribution in [0.3, 0.4) is 0 Å². The lowest BCUT2D eigenvalue weighted by Gasteiger charge is -1.82. The van der Waals surface area contributed by atoms with Crippen LogP contribution in [-0.4, -0.2) is 11.6 Å². The fraction of sp³-hybridized carbons (Fsp3) is 0.250. The predicted octanol–water partition coefficient (Wildman–Crippen LogP) is 1.28. The number of ketones is 2. The van der Waals surface area contributed by atoms with Crippen LogP contribution in [0.5, 0.6) is 0 Å². The van der Waals surface area contributed by atoms with E-state index in [4.69, 9.17) is 0 Å². The van der Waals surface area contributed by atoms with Gasteiger partial charge in [-0.25, -0.2) is 0 Å². The van der Waals surface area contributed by atoms with Crippen molar-refractivity contribution < 1.29 is 9.59 Å². The Kier molecular flexibility index (Phi) is 4.12. The molecule has 0 aliphatic rings. The second-order valence-electron chi connectivity index (χ2n) is 1.73. The molecule has 0 aromatic heterocycles. The Morgan fingerprint density at radius 1 is 0.900 bits per heavy atom. The maximum absolute atomic E-state index is 10.6. The molecule has 0 atom stereocenters. The Bertz CT molecular complexity index is 165. The highest BCUT2D eigenvalue weighted by Crippen LogP contribution is 1.82. The van der Waals surface area contributed by atoms with Crippen molar-refractivity contribution in [2.75, 3.05) is 0 Å². The summed E-state index contributed by atoms with van der Waals surface area (Å²) >= 11 is 0. The molecular formula is C8H10O2. The third-order valence-corrected chi connectivity index (χ3v) is 0.879. The quantitative estimate of drug-likeness (QED) is 0.435. The van der Waals surface area contributed by atoms with Crippen molar-refractivity contribution in [1.82, 2.24) is 0 Å². The molecule has 0 radical (unpaired) electrons. The summed E-state index contributed by atoms with van der Waals surface area (Å²) in [6.45, 7) is 3.39. The van der Waals surface area contributed by atoms with E-state index in [0.29, 0.717) is 0 Å². The minimum atomic E-state index is -0.472. The van der Waals surface area contributed by atoms with Crippen LogP contribution >= 0.6 is 0 Å². The van der Waals surface area contributed by atoms with Crippen molar-refractivity contribution in [3.8, 4) is 0 Å².